The van der Waals surface area contributed by atoms with Crippen molar-refractivity contribution >= 4 is 22.4 Å². The van der Waals surface area contributed by atoms with Crippen molar-refractivity contribution in [2.75, 3.05) is 5.32 Å². The van der Waals surface area contributed by atoms with Crippen molar-refractivity contribution in [2.24, 2.45) is 0 Å². The van der Waals surface area contributed by atoms with Gasteiger partial charge in [0.1, 0.15) is 0 Å². The van der Waals surface area contributed by atoms with Crippen LogP contribution in [-0.4, -0.2) is 17.1 Å². The Labute approximate surface area is 104 Å². The van der Waals surface area contributed by atoms with Gasteiger partial charge in [-0.05, 0) is 0 Å². The highest BCUT2D eigenvalue weighted by atomic mass is 32.1. The van der Waals surface area contributed by atoms with Crippen molar-refractivity contribution in [1.29, 1.82) is 0 Å². The van der Waals surface area contributed by atoms with Gasteiger partial charge in [0.15, 0.2) is 5.13 Å². The van der Waals surface area contributed by atoms with Crippen LogP contribution in [0.4, 0.5) is 18.3 Å². The third-order valence-corrected chi connectivity index (χ3v) is 2.81. The highest BCUT2D eigenvalue weighted by molar-refractivity contribution is 7.14. The zero-order chi connectivity index (χ0) is 13.2. The van der Waals surface area contributed by atoms with E-state index in [0.29, 0.717) is 5.69 Å². The lowest BCUT2D eigenvalue weighted by atomic mass is 10.2. The Hall–Kier alpha value is -1.89. The fraction of sp³-hybridized carbons (Fsp3) is 0.0909. The summed E-state index contributed by atoms with van der Waals surface area (Å²) < 4.78 is 36.1. The number of carbonyl (C=O) groups excluding carboxylic acids is 1. The maximum Gasteiger partial charge on any atom is 0.471 e. The fourth-order valence-corrected chi connectivity index (χ4v) is 1.96. The number of nitrogens with one attached hydrogen (secondary N) is 1. The van der Waals surface area contributed by atoms with Gasteiger partial charge in [-0.15, -0.1) is 11.3 Å². The normalized spacial score (nSPS) is 11.3. The number of halogens is 3. The topological polar surface area (TPSA) is 42.0 Å². The molecule has 0 atom stereocenters. The second kappa shape index (κ2) is 4.77. The van der Waals surface area contributed by atoms with Crippen molar-refractivity contribution < 1.29 is 18.0 Å². The lowest BCUT2D eigenvalue weighted by molar-refractivity contribution is -0.167. The molecule has 0 aliphatic heterocycles. The van der Waals surface area contributed by atoms with Crippen molar-refractivity contribution in [3.8, 4) is 11.3 Å². The van der Waals surface area contributed by atoms with Gasteiger partial charge >= 0.3 is 12.1 Å². The molecule has 3 nitrogen and oxygen atoms in total. The monoisotopic (exact) mass is 272 g/mol. The molecule has 0 radical (unpaired) electrons. The molecule has 0 spiro atoms. The lowest BCUT2D eigenvalue weighted by Crippen LogP contribution is -2.29. The van der Waals surface area contributed by atoms with Crippen molar-refractivity contribution in [2.45, 2.75) is 6.18 Å². The Morgan fingerprint density at radius 1 is 1.22 bits per heavy atom. The third-order valence-electron chi connectivity index (χ3n) is 2.05. The van der Waals surface area contributed by atoms with E-state index in [9.17, 15) is 18.0 Å². The van der Waals surface area contributed by atoms with E-state index in [4.69, 9.17) is 0 Å². The molecule has 2 rings (SSSR count). The minimum Gasteiger partial charge on any atom is -0.294 e. The van der Waals surface area contributed by atoms with Crippen LogP contribution in [-0.2, 0) is 4.79 Å². The molecule has 0 bridgehead atoms. The van der Waals surface area contributed by atoms with Gasteiger partial charge in [-0.3, -0.25) is 10.1 Å². The van der Waals surface area contributed by atoms with Crippen LogP contribution in [0.25, 0.3) is 11.3 Å². The number of aromatic nitrogens is 1. The standard InChI is InChI=1S/C11H7F3N2OS/c12-11(13,14)9(17)16-10-15-8(6-18-10)7-4-2-1-3-5-7/h1-6H,(H,15,16,17). The zero-order valence-electron chi connectivity index (χ0n) is 8.86. The molecule has 94 valence electrons. The molecule has 1 heterocycles. The third kappa shape index (κ3) is 2.86. The molecule has 0 saturated heterocycles. The summed E-state index contributed by atoms with van der Waals surface area (Å²) >= 11 is 0.946. The van der Waals surface area contributed by atoms with Gasteiger partial charge < -0.3 is 0 Å². The predicted molar refractivity (Wildman–Crippen MR) is 62.2 cm³/mol. The molecule has 2 aromatic rings. The van der Waals surface area contributed by atoms with E-state index in [1.807, 2.05) is 6.07 Å². The highest BCUT2D eigenvalue weighted by Crippen LogP contribution is 2.26. The maximum absolute atomic E-state index is 12.0. The number of benzene rings is 1. The number of thiazole rings is 1. The van der Waals surface area contributed by atoms with Gasteiger partial charge in [0.05, 0.1) is 5.69 Å². The van der Waals surface area contributed by atoms with E-state index in [1.54, 1.807) is 35.0 Å². The molecular formula is C11H7F3N2OS. The van der Waals surface area contributed by atoms with Crippen molar-refractivity contribution in [1.82, 2.24) is 4.98 Å². The molecule has 1 aromatic heterocycles. The van der Waals surface area contributed by atoms with Crippen LogP contribution in [0.5, 0.6) is 0 Å². The van der Waals surface area contributed by atoms with Crippen molar-refractivity contribution in [3.63, 3.8) is 0 Å². The molecule has 0 aliphatic rings. The van der Waals surface area contributed by atoms with E-state index >= 15 is 0 Å². The molecule has 0 fully saturated rings. The first-order valence-electron chi connectivity index (χ1n) is 4.86. The van der Waals surface area contributed by atoms with Gasteiger partial charge in [0.2, 0.25) is 0 Å². The van der Waals surface area contributed by atoms with Crippen molar-refractivity contribution in [3.05, 3.63) is 35.7 Å². The summed E-state index contributed by atoms with van der Waals surface area (Å²) in [5.41, 5.74) is 1.30. The summed E-state index contributed by atoms with van der Waals surface area (Å²) in [7, 11) is 0. The summed E-state index contributed by atoms with van der Waals surface area (Å²) in [4.78, 5) is 14.6. The average Bonchev–Trinajstić information content (AvgIpc) is 2.77. The molecule has 7 heteroatoms. The minimum atomic E-state index is -4.90. The van der Waals surface area contributed by atoms with Gasteiger partial charge in [0, 0.05) is 10.9 Å². The molecule has 1 aromatic carbocycles. The Bertz CT molecular complexity index is 551. The molecule has 18 heavy (non-hydrogen) atoms. The molecule has 0 saturated carbocycles. The Morgan fingerprint density at radius 2 is 1.89 bits per heavy atom. The smallest absolute Gasteiger partial charge is 0.294 e. The number of nitrogens with zero attached hydrogens (tertiary/aromatic N) is 1. The van der Waals surface area contributed by atoms with Crippen LogP contribution in [0.3, 0.4) is 0 Å². The largest absolute Gasteiger partial charge is 0.471 e. The Balaban J connectivity index is 2.15. The number of anilines is 1. The first kappa shape index (κ1) is 12.6. The maximum atomic E-state index is 12.0. The first-order chi connectivity index (χ1) is 8.47. The molecule has 1 amide bonds. The number of alkyl halides is 3. The number of rotatable bonds is 2. The van der Waals surface area contributed by atoms with Crippen LogP contribution >= 0.6 is 11.3 Å². The predicted octanol–water partition coefficient (Wildman–Crippen LogP) is 3.31. The Morgan fingerprint density at radius 3 is 2.50 bits per heavy atom. The SMILES string of the molecule is O=C(Nc1nc(-c2ccccc2)cs1)C(F)(F)F. The van der Waals surface area contributed by atoms with Crippen LogP contribution < -0.4 is 5.32 Å². The first-order valence-corrected chi connectivity index (χ1v) is 5.74. The quantitative estimate of drug-likeness (QED) is 0.911. The number of hydrogen-bond donors (Lipinski definition) is 1. The summed E-state index contributed by atoms with van der Waals surface area (Å²) in [5, 5.41) is 3.23. The molecule has 0 unspecified atom stereocenters. The van der Waals surface area contributed by atoms with Crippen LogP contribution in [0.15, 0.2) is 35.7 Å². The van der Waals surface area contributed by atoms with E-state index in [-0.39, 0.29) is 5.13 Å². The number of hydrogen-bond acceptors (Lipinski definition) is 3. The van der Waals surface area contributed by atoms with E-state index in [1.165, 1.54) is 0 Å². The molecule has 1 N–H and O–H groups in total. The summed E-state index contributed by atoms with van der Waals surface area (Å²) in [6.07, 6.45) is -4.90. The molecule has 0 aliphatic carbocycles. The van der Waals surface area contributed by atoms with Gasteiger partial charge in [-0.25, -0.2) is 4.98 Å². The number of carbonyl (C=O) groups is 1. The second-order valence-electron chi connectivity index (χ2n) is 3.36. The van der Waals surface area contributed by atoms with E-state index < -0.39 is 12.1 Å². The Kier molecular flexibility index (Phi) is 3.33. The zero-order valence-corrected chi connectivity index (χ0v) is 9.68. The summed E-state index contributed by atoms with van der Waals surface area (Å²) in [6, 6.07) is 8.97. The number of amides is 1. The van der Waals surface area contributed by atoms with Crippen LogP contribution in [0.2, 0.25) is 0 Å². The van der Waals surface area contributed by atoms with E-state index in [0.717, 1.165) is 16.9 Å². The molecular weight excluding hydrogens is 265 g/mol. The van der Waals surface area contributed by atoms with E-state index in [2.05, 4.69) is 4.98 Å². The van der Waals surface area contributed by atoms with Gasteiger partial charge in [-0.2, -0.15) is 13.2 Å². The van der Waals surface area contributed by atoms with Crippen LogP contribution in [0.1, 0.15) is 0 Å². The van der Waals surface area contributed by atoms with Gasteiger partial charge in [-0.1, -0.05) is 30.3 Å². The summed E-state index contributed by atoms with van der Waals surface area (Å²) in [6.45, 7) is 0. The van der Waals surface area contributed by atoms with Gasteiger partial charge in [0.25, 0.3) is 0 Å². The van der Waals surface area contributed by atoms with Crippen LogP contribution in [0, 0.1) is 0 Å². The fourth-order valence-electron chi connectivity index (χ4n) is 1.24. The lowest BCUT2D eigenvalue weighted by Gasteiger charge is -2.04. The highest BCUT2D eigenvalue weighted by Gasteiger charge is 2.39. The average molecular weight is 272 g/mol. The minimum absolute atomic E-state index is 0.0730. The second-order valence-corrected chi connectivity index (χ2v) is 4.21. The summed E-state index contributed by atoms with van der Waals surface area (Å²) in [5.74, 6) is -2.02.